The highest BCUT2D eigenvalue weighted by Gasteiger charge is 2.13. The Balaban J connectivity index is 0.00000625. The molecule has 26 heavy (non-hydrogen) atoms. The van der Waals surface area contributed by atoms with Gasteiger partial charge in [-0.2, -0.15) is 0 Å². The number of benzene rings is 1. The van der Waals surface area contributed by atoms with E-state index in [1.807, 2.05) is 0 Å². The topological polar surface area (TPSA) is 57.5 Å². The summed E-state index contributed by atoms with van der Waals surface area (Å²) in [6.45, 7) is 6.83. The Bertz CT molecular complexity index is 444. The van der Waals surface area contributed by atoms with Crippen molar-refractivity contribution in [3.63, 3.8) is 0 Å². The van der Waals surface area contributed by atoms with E-state index in [0.717, 1.165) is 6.42 Å². The van der Waals surface area contributed by atoms with Crippen molar-refractivity contribution < 1.29 is 5.48 Å². The number of hydrogen-bond donors (Lipinski definition) is 1. The van der Waals surface area contributed by atoms with Crippen molar-refractivity contribution in [2.24, 2.45) is 5.73 Å². The first-order chi connectivity index (χ1) is 12.2. The van der Waals surface area contributed by atoms with Crippen LogP contribution in [0.4, 0.5) is 0 Å². The van der Waals surface area contributed by atoms with E-state index in [1.54, 1.807) is 5.56 Å². The fourth-order valence-electron chi connectivity index (χ4n) is 3.89. The Morgan fingerprint density at radius 3 is 1.88 bits per heavy atom. The molecule has 0 amide bonds. The zero-order valence-corrected chi connectivity index (χ0v) is 17.8. The van der Waals surface area contributed by atoms with Crippen molar-refractivity contribution in [2.75, 3.05) is 0 Å². The molecule has 1 aromatic carbocycles. The SMILES string of the molecule is CCCCCCCCCCCC(N)c1cccc(CCC)c1CCC.O. The molecule has 0 saturated carbocycles. The summed E-state index contributed by atoms with van der Waals surface area (Å²) in [5.41, 5.74) is 11.1. The summed E-state index contributed by atoms with van der Waals surface area (Å²) < 4.78 is 0. The second-order valence-electron chi connectivity index (χ2n) is 7.71. The quantitative estimate of drug-likeness (QED) is 0.347. The van der Waals surface area contributed by atoms with Gasteiger partial charge < -0.3 is 11.2 Å². The standard InChI is InChI=1S/C24H43N.H2O/c1-4-7-8-9-10-11-12-13-14-20-24(25)23-19-15-18-21(16-5-2)22(23)17-6-3;/h15,18-19,24H,4-14,16-17,20,25H2,1-3H3;1H2. The molecular formula is C24H45NO. The van der Waals surface area contributed by atoms with Gasteiger partial charge in [-0.05, 0) is 36.0 Å². The molecule has 0 aliphatic carbocycles. The van der Waals surface area contributed by atoms with Crippen molar-refractivity contribution in [1.29, 1.82) is 0 Å². The maximum absolute atomic E-state index is 6.59. The van der Waals surface area contributed by atoms with Crippen LogP contribution in [-0.4, -0.2) is 5.48 Å². The third kappa shape index (κ3) is 9.73. The van der Waals surface area contributed by atoms with E-state index in [-0.39, 0.29) is 11.5 Å². The zero-order valence-electron chi connectivity index (χ0n) is 17.8. The van der Waals surface area contributed by atoms with E-state index < -0.39 is 0 Å². The maximum Gasteiger partial charge on any atom is 0.0297 e. The minimum atomic E-state index is 0. The molecule has 2 heteroatoms. The fourth-order valence-corrected chi connectivity index (χ4v) is 3.89. The molecule has 4 N–H and O–H groups in total. The summed E-state index contributed by atoms with van der Waals surface area (Å²) in [6.07, 6.45) is 18.4. The van der Waals surface area contributed by atoms with Gasteiger partial charge in [0.2, 0.25) is 0 Å². The third-order valence-electron chi connectivity index (χ3n) is 5.35. The average Bonchev–Trinajstić information content (AvgIpc) is 2.62. The van der Waals surface area contributed by atoms with E-state index >= 15 is 0 Å². The minimum Gasteiger partial charge on any atom is -0.412 e. The summed E-state index contributed by atoms with van der Waals surface area (Å²) in [4.78, 5) is 0. The fraction of sp³-hybridized carbons (Fsp3) is 0.750. The lowest BCUT2D eigenvalue weighted by Crippen LogP contribution is -2.14. The number of hydrogen-bond acceptors (Lipinski definition) is 1. The van der Waals surface area contributed by atoms with Crippen LogP contribution in [0.15, 0.2) is 18.2 Å². The van der Waals surface area contributed by atoms with Crippen LogP contribution < -0.4 is 5.73 Å². The number of unbranched alkanes of at least 4 members (excludes halogenated alkanes) is 8. The highest BCUT2D eigenvalue weighted by Crippen LogP contribution is 2.26. The second-order valence-corrected chi connectivity index (χ2v) is 7.71. The first-order valence-electron chi connectivity index (χ1n) is 11.1. The molecule has 0 spiro atoms. The van der Waals surface area contributed by atoms with Crippen LogP contribution in [0.3, 0.4) is 0 Å². The summed E-state index contributed by atoms with van der Waals surface area (Å²) in [7, 11) is 0. The van der Waals surface area contributed by atoms with E-state index in [2.05, 4.69) is 39.0 Å². The highest BCUT2D eigenvalue weighted by atomic mass is 16.0. The third-order valence-corrected chi connectivity index (χ3v) is 5.35. The predicted octanol–water partition coefficient (Wildman–Crippen LogP) is 6.69. The number of rotatable bonds is 15. The average molecular weight is 364 g/mol. The minimum absolute atomic E-state index is 0. The zero-order chi connectivity index (χ0) is 18.3. The van der Waals surface area contributed by atoms with E-state index in [0.29, 0.717) is 0 Å². The molecular weight excluding hydrogens is 318 g/mol. The molecule has 2 nitrogen and oxygen atoms in total. The smallest absolute Gasteiger partial charge is 0.0297 e. The van der Waals surface area contributed by atoms with Gasteiger partial charge in [0.05, 0.1) is 0 Å². The van der Waals surface area contributed by atoms with Gasteiger partial charge in [-0.15, -0.1) is 0 Å². The van der Waals surface area contributed by atoms with Crippen LogP contribution in [0.5, 0.6) is 0 Å². The summed E-state index contributed by atoms with van der Waals surface area (Å²) in [5, 5.41) is 0. The first kappa shape index (κ1) is 25.1. The van der Waals surface area contributed by atoms with Gasteiger partial charge in [0.1, 0.15) is 0 Å². The molecule has 1 atom stereocenters. The Hall–Kier alpha value is -0.860. The van der Waals surface area contributed by atoms with Gasteiger partial charge in [0, 0.05) is 6.04 Å². The molecule has 0 bridgehead atoms. The second kappa shape index (κ2) is 16.3. The molecule has 0 aliphatic rings. The maximum atomic E-state index is 6.59. The van der Waals surface area contributed by atoms with Crippen LogP contribution in [0.25, 0.3) is 0 Å². The Labute approximate surface area is 163 Å². The van der Waals surface area contributed by atoms with Crippen molar-refractivity contribution in [1.82, 2.24) is 0 Å². The predicted molar refractivity (Wildman–Crippen MR) is 117 cm³/mol. The summed E-state index contributed by atoms with van der Waals surface area (Å²) in [6, 6.07) is 7.03. The summed E-state index contributed by atoms with van der Waals surface area (Å²) >= 11 is 0. The van der Waals surface area contributed by atoms with Gasteiger partial charge in [0.15, 0.2) is 0 Å². The highest BCUT2D eigenvalue weighted by molar-refractivity contribution is 5.37. The lowest BCUT2D eigenvalue weighted by molar-refractivity contribution is 0.530. The lowest BCUT2D eigenvalue weighted by Gasteiger charge is -2.19. The first-order valence-corrected chi connectivity index (χ1v) is 11.1. The molecule has 1 aromatic rings. The van der Waals surface area contributed by atoms with Crippen molar-refractivity contribution in [2.45, 2.75) is 117 Å². The molecule has 152 valence electrons. The Morgan fingerprint density at radius 1 is 0.731 bits per heavy atom. The van der Waals surface area contributed by atoms with Crippen LogP contribution in [0, 0.1) is 0 Å². The molecule has 0 aliphatic heterocycles. The number of aryl methyl sites for hydroxylation is 1. The molecule has 0 radical (unpaired) electrons. The monoisotopic (exact) mass is 363 g/mol. The molecule has 0 aromatic heterocycles. The van der Waals surface area contributed by atoms with Crippen molar-refractivity contribution >= 4 is 0 Å². The van der Waals surface area contributed by atoms with Crippen LogP contribution in [-0.2, 0) is 12.8 Å². The Morgan fingerprint density at radius 2 is 1.31 bits per heavy atom. The molecule has 0 saturated heterocycles. The number of nitrogens with two attached hydrogens (primary N) is 1. The normalized spacial score (nSPS) is 12.0. The van der Waals surface area contributed by atoms with Gasteiger partial charge in [-0.25, -0.2) is 0 Å². The largest absolute Gasteiger partial charge is 0.412 e. The molecule has 1 unspecified atom stereocenters. The van der Waals surface area contributed by atoms with E-state index in [9.17, 15) is 0 Å². The van der Waals surface area contributed by atoms with Gasteiger partial charge >= 0.3 is 0 Å². The van der Waals surface area contributed by atoms with Crippen molar-refractivity contribution in [3.05, 3.63) is 34.9 Å². The van der Waals surface area contributed by atoms with Gasteiger partial charge in [-0.1, -0.05) is 110 Å². The summed E-state index contributed by atoms with van der Waals surface area (Å²) in [5.74, 6) is 0. The van der Waals surface area contributed by atoms with E-state index in [1.165, 1.54) is 94.6 Å². The van der Waals surface area contributed by atoms with Crippen LogP contribution in [0.1, 0.15) is 121 Å². The van der Waals surface area contributed by atoms with Gasteiger partial charge in [0.25, 0.3) is 0 Å². The Kier molecular flexibility index (Phi) is 15.8. The lowest BCUT2D eigenvalue weighted by atomic mass is 9.89. The molecule has 1 rings (SSSR count). The molecule has 0 fully saturated rings. The van der Waals surface area contributed by atoms with Gasteiger partial charge in [-0.3, -0.25) is 0 Å². The van der Waals surface area contributed by atoms with Crippen LogP contribution in [0.2, 0.25) is 0 Å². The van der Waals surface area contributed by atoms with E-state index in [4.69, 9.17) is 5.73 Å². The van der Waals surface area contributed by atoms with Crippen LogP contribution >= 0.6 is 0 Å². The molecule has 0 heterocycles. The van der Waals surface area contributed by atoms with Crippen molar-refractivity contribution in [3.8, 4) is 0 Å².